The van der Waals surface area contributed by atoms with Crippen LogP contribution >= 0.6 is 0 Å². The monoisotopic (exact) mass is 347 g/mol. The van der Waals surface area contributed by atoms with Crippen molar-refractivity contribution in [1.29, 1.82) is 0 Å². The largest absolute Gasteiger partial charge is 0.325 e. The molecule has 134 valence electrons. The maximum atomic E-state index is 13.1. The van der Waals surface area contributed by atoms with E-state index in [1.807, 2.05) is 6.92 Å². The van der Waals surface area contributed by atoms with Gasteiger partial charge in [-0.2, -0.15) is 0 Å². The van der Waals surface area contributed by atoms with E-state index in [0.717, 1.165) is 24.2 Å². The van der Waals surface area contributed by atoms with Gasteiger partial charge in [-0.05, 0) is 49.4 Å². The van der Waals surface area contributed by atoms with Gasteiger partial charge in [-0.25, -0.2) is 9.18 Å². The van der Waals surface area contributed by atoms with Gasteiger partial charge in [0.05, 0.1) is 0 Å². The summed E-state index contributed by atoms with van der Waals surface area (Å²) in [6, 6.07) is 3.49. The first-order valence-corrected chi connectivity index (χ1v) is 8.53. The maximum Gasteiger partial charge on any atom is 0.325 e. The number of anilines is 1. The van der Waals surface area contributed by atoms with Crippen LogP contribution in [0.3, 0.4) is 0 Å². The highest BCUT2D eigenvalue weighted by atomic mass is 19.1. The number of hydrogen-bond acceptors (Lipinski definition) is 3. The summed E-state index contributed by atoms with van der Waals surface area (Å²) in [5.74, 6) is -1.16. The summed E-state index contributed by atoms with van der Waals surface area (Å²) in [6.45, 7) is 3.28. The number of benzene rings is 1. The van der Waals surface area contributed by atoms with E-state index in [9.17, 15) is 18.8 Å². The summed E-state index contributed by atoms with van der Waals surface area (Å²) in [5.41, 5.74) is 0.156. The number of imide groups is 1. The highest BCUT2D eigenvalue weighted by Crippen LogP contribution is 2.38. The summed E-state index contributed by atoms with van der Waals surface area (Å²) in [5, 5.41) is 5.44. The van der Waals surface area contributed by atoms with Crippen molar-refractivity contribution in [2.75, 3.05) is 11.9 Å². The molecule has 2 fully saturated rings. The van der Waals surface area contributed by atoms with Crippen molar-refractivity contribution in [2.45, 2.75) is 45.1 Å². The molecule has 1 saturated heterocycles. The van der Waals surface area contributed by atoms with E-state index in [1.54, 1.807) is 6.92 Å². The number of hydrogen-bond donors (Lipinski definition) is 2. The van der Waals surface area contributed by atoms with Gasteiger partial charge in [-0.1, -0.05) is 19.8 Å². The summed E-state index contributed by atoms with van der Waals surface area (Å²) in [6.07, 6.45) is 3.40. The Bertz CT molecular complexity index is 736. The van der Waals surface area contributed by atoms with Gasteiger partial charge in [0.2, 0.25) is 5.91 Å². The number of carbonyl (C=O) groups excluding carboxylic acids is 3. The normalized spacial score (nSPS) is 26.0. The summed E-state index contributed by atoms with van der Waals surface area (Å²) in [7, 11) is 0. The van der Waals surface area contributed by atoms with Crippen LogP contribution in [0.15, 0.2) is 18.2 Å². The standard InChI is InChI=1S/C18H22FN3O3/c1-11-9-13(19)6-7-14(11)20-15(23)10-22-16(24)18(21-17(22)25)8-4-3-5-12(18)2/h6-7,9,12H,3-5,8,10H2,1-2H3,(H,20,23)(H,21,25)/t12-,18-/m0/s1. The van der Waals surface area contributed by atoms with Gasteiger partial charge in [0.15, 0.2) is 0 Å². The van der Waals surface area contributed by atoms with Gasteiger partial charge in [-0.3, -0.25) is 14.5 Å². The van der Waals surface area contributed by atoms with Crippen LogP contribution < -0.4 is 10.6 Å². The average Bonchev–Trinajstić information content (AvgIpc) is 2.78. The second-order valence-electron chi connectivity index (χ2n) is 6.95. The molecule has 3 rings (SSSR count). The molecule has 4 amide bonds. The summed E-state index contributed by atoms with van der Waals surface area (Å²) in [4.78, 5) is 38.3. The van der Waals surface area contributed by atoms with Crippen LogP contribution in [0.2, 0.25) is 0 Å². The van der Waals surface area contributed by atoms with E-state index < -0.39 is 23.3 Å². The second-order valence-corrected chi connectivity index (χ2v) is 6.95. The van der Waals surface area contributed by atoms with E-state index in [2.05, 4.69) is 10.6 Å². The minimum atomic E-state index is -0.874. The zero-order valence-corrected chi connectivity index (χ0v) is 14.4. The first-order valence-electron chi connectivity index (χ1n) is 8.53. The lowest BCUT2D eigenvalue weighted by Gasteiger charge is -2.36. The van der Waals surface area contributed by atoms with Crippen molar-refractivity contribution in [3.8, 4) is 0 Å². The molecule has 2 aliphatic rings. The van der Waals surface area contributed by atoms with Gasteiger partial charge < -0.3 is 10.6 Å². The fourth-order valence-corrected chi connectivity index (χ4v) is 3.74. The molecule has 7 heteroatoms. The molecule has 0 bridgehead atoms. The number of aryl methyl sites for hydroxylation is 1. The van der Waals surface area contributed by atoms with E-state index in [1.165, 1.54) is 18.2 Å². The molecule has 1 aliphatic heterocycles. The van der Waals surface area contributed by atoms with E-state index in [0.29, 0.717) is 17.7 Å². The van der Waals surface area contributed by atoms with Gasteiger partial charge in [0, 0.05) is 5.69 Å². The number of nitrogens with zero attached hydrogens (tertiary/aromatic N) is 1. The first-order chi connectivity index (χ1) is 11.8. The third kappa shape index (κ3) is 3.10. The van der Waals surface area contributed by atoms with Gasteiger partial charge in [0.1, 0.15) is 17.9 Å². The van der Waals surface area contributed by atoms with Crippen LogP contribution in [0.25, 0.3) is 0 Å². The Morgan fingerprint density at radius 2 is 2.16 bits per heavy atom. The van der Waals surface area contributed by atoms with Crippen molar-refractivity contribution >= 4 is 23.5 Å². The summed E-state index contributed by atoms with van der Waals surface area (Å²) >= 11 is 0. The Kier molecular flexibility index (Phi) is 4.49. The van der Waals surface area contributed by atoms with Crippen LogP contribution in [-0.2, 0) is 9.59 Å². The molecule has 2 N–H and O–H groups in total. The highest BCUT2D eigenvalue weighted by Gasteiger charge is 2.55. The molecule has 0 unspecified atom stereocenters. The molecule has 6 nitrogen and oxygen atoms in total. The number of halogens is 1. The first kappa shape index (κ1) is 17.4. The summed E-state index contributed by atoms with van der Waals surface area (Å²) < 4.78 is 13.1. The zero-order valence-electron chi connectivity index (χ0n) is 14.4. The predicted molar refractivity (Wildman–Crippen MR) is 90.4 cm³/mol. The molecular formula is C18H22FN3O3. The molecule has 1 saturated carbocycles. The number of carbonyl (C=O) groups is 3. The Labute approximate surface area is 145 Å². The van der Waals surface area contributed by atoms with Gasteiger partial charge in [-0.15, -0.1) is 0 Å². The Morgan fingerprint density at radius 3 is 2.84 bits per heavy atom. The SMILES string of the molecule is Cc1cc(F)ccc1NC(=O)CN1C(=O)N[C@]2(CCCC[C@@H]2C)C1=O. The van der Waals surface area contributed by atoms with Crippen LogP contribution in [0, 0.1) is 18.7 Å². The molecule has 1 spiro atoms. The molecule has 1 heterocycles. The number of nitrogens with one attached hydrogen (secondary N) is 2. The average molecular weight is 347 g/mol. The molecule has 1 aliphatic carbocycles. The van der Waals surface area contributed by atoms with Crippen LogP contribution in [0.1, 0.15) is 38.2 Å². The fraction of sp³-hybridized carbons (Fsp3) is 0.500. The van der Waals surface area contributed by atoms with E-state index in [-0.39, 0.29) is 18.4 Å². The van der Waals surface area contributed by atoms with Crippen LogP contribution in [-0.4, -0.2) is 34.8 Å². The van der Waals surface area contributed by atoms with E-state index >= 15 is 0 Å². The quantitative estimate of drug-likeness (QED) is 0.825. The molecular weight excluding hydrogens is 325 g/mol. The zero-order chi connectivity index (χ0) is 18.2. The molecule has 1 aromatic rings. The number of rotatable bonds is 3. The van der Waals surface area contributed by atoms with Gasteiger partial charge in [0.25, 0.3) is 5.91 Å². The van der Waals surface area contributed by atoms with Gasteiger partial charge >= 0.3 is 6.03 Å². The van der Waals surface area contributed by atoms with Crippen LogP contribution in [0.4, 0.5) is 14.9 Å². The Balaban J connectivity index is 1.71. The lowest BCUT2D eigenvalue weighted by molar-refractivity contribution is -0.136. The van der Waals surface area contributed by atoms with Crippen LogP contribution in [0.5, 0.6) is 0 Å². The topological polar surface area (TPSA) is 78.5 Å². The smallest absolute Gasteiger partial charge is 0.324 e. The lowest BCUT2D eigenvalue weighted by atomic mass is 9.73. The fourth-order valence-electron chi connectivity index (χ4n) is 3.74. The Hall–Kier alpha value is -2.44. The second kappa shape index (κ2) is 6.46. The van der Waals surface area contributed by atoms with Crippen molar-refractivity contribution in [3.63, 3.8) is 0 Å². The van der Waals surface area contributed by atoms with Crippen molar-refractivity contribution < 1.29 is 18.8 Å². The molecule has 0 radical (unpaired) electrons. The van der Waals surface area contributed by atoms with E-state index in [4.69, 9.17) is 0 Å². The van der Waals surface area contributed by atoms with Crippen molar-refractivity contribution in [1.82, 2.24) is 10.2 Å². The lowest BCUT2D eigenvalue weighted by Crippen LogP contribution is -2.54. The third-order valence-corrected chi connectivity index (χ3v) is 5.27. The number of amides is 4. The maximum absolute atomic E-state index is 13.1. The third-order valence-electron chi connectivity index (χ3n) is 5.27. The van der Waals surface area contributed by atoms with Crippen molar-refractivity contribution in [3.05, 3.63) is 29.6 Å². The number of urea groups is 1. The minimum Gasteiger partial charge on any atom is -0.324 e. The highest BCUT2D eigenvalue weighted by molar-refractivity contribution is 6.10. The van der Waals surface area contributed by atoms with Crippen molar-refractivity contribution in [2.24, 2.45) is 5.92 Å². The Morgan fingerprint density at radius 1 is 1.40 bits per heavy atom. The molecule has 0 aromatic heterocycles. The minimum absolute atomic E-state index is 0.0464. The molecule has 2 atom stereocenters. The molecule has 1 aromatic carbocycles. The molecule has 25 heavy (non-hydrogen) atoms. The predicted octanol–water partition coefficient (Wildman–Crippen LogP) is 2.57.